The third kappa shape index (κ3) is 13.7. The molecule has 0 heterocycles. The average molecular weight is 270 g/mol. The van der Waals surface area contributed by atoms with Crippen LogP contribution in [0.15, 0.2) is 30.3 Å². The molecule has 102 valence electrons. The molecule has 0 bridgehead atoms. The van der Waals surface area contributed by atoms with E-state index in [2.05, 4.69) is 19.1 Å². The van der Waals surface area contributed by atoms with Crippen molar-refractivity contribution in [2.75, 3.05) is 40.6 Å². The normalized spacial score (nSPS) is 9.50. The highest BCUT2D eigenvalue weighted by Crippen LogP contribution is 1.92. The standard InChI is InChI=1S/C7H8.2C3H7O2.Al.H/c1-7-5-3-2-4-6-7;2*1-5-3-2-4;;/h2-6H,1H3;2*2-3H2,1H3;;/q;2*-1;+2;. The molecule has 0 aromatic heterocycles. The van der Waals surface area contributed by atoms with Crippen molar-refractivity contribution in [3.63, 3.8) is 0 Å². The number of benzene rings is 1. The second-order valence-corrected chi connectivity index (χ2v) is 4.63. The molecular formula is C13H23AlO4. The minimum Gasteiger partial charge on any atom is -0.479 e. The zero-order chi connectivity index (χ0) is 13.5. The summed E-state index contributed by atoms with van der Waals surface area (Å²) < 4.78 is 19.9. The number of rotatable bonds is 8. The van der Waals surface area contributed by atoms with Crippen molar-refractivity contribution in [1.82, 2.24) is 0 Å². The summed E-state index contributed by atoms with van der Waals surface area (Å²) in [5.41, 5.74) is 1.32. The molecule has 0 fully saturated rings. The van der Waals surface area contributed by atoms with Gasteiger partial charge in [0.1, 0.15) is 0 Å². The SMILES string of the molecule is COCC[O][AlH][O]CCOC.Cc1ccccc1. The zero-order valence-corrected chi connectivity index (χ0v) is 13.0. The van der Waals surface area contributed by atoms with E-state index >= 15 is 0 Å². The third-order valence-electron chi connectivity index (χ3n) is 1.97. The fourth-order valence-electron chi connectivity index (χ4n) is 0.996. The molecule has 0 N–H and O–H groups in total. The molecular weight excluding hydrogens is 247 g/mol. The first-order valence-corrected chi connectivity index (χ1v) is 7.11. The van der Waals surface area contributed by atoms with E-state index in [1.807, 2.05) is 18.2 Å². The van der Waals surface area contributed by atoms with Gasteiger partial charge in [0.2, 0.25) is 0 Å². The molecule has 0 spiro atoms. The van der Waals surface area contributed by atoms with E-state index in [1.165, 1.54) is 5.56 Å². The Morgan fingerprint density at radius 2 is 1.33 bits per heavy atom. The Bertz CT molecular complexity index is 248. The summed E-state index contributed by atoms with van der Waals surface area (Å²) in [6.45, 7) is 4.63. The summed E-state index contributed by atoms with van der Waals surface area (Å²) in [5, 5.41) is 0. The molecule has 0 amide bonds. The van der Waals surface area contributed by atoms with Crippen molar-refractivity contribution < 1.29 is 17.1 Å². The minimum absolute atomic E-state index is 0.635. The molecule has 1 rings (SSSR count). The van der Waals surface area contributed by atoms with E-state index in [0.29, 0.717) is 26.4 Å². The van der Waals surface area contributed by atoms with E-state index in [4.69, 9.17) is 17.1 Å². The molecule has 0 radical (unpaired) electrons. The van der Waals surface area contributed by atoms with Crippen molar-refractivity contribution >= 4 is 15.9 Å². The smallest absolute Gasteiger partial charge is 0.479 e. The Labute approximate surface area is 117 Å². The quantitative estimate of drug-likeness (QED) is 0.531. The van der Waals surface area contributed by atoms with E-state index in [0.717, 1.165) is 0 Å². The van der Waals surface area contributed by atoms with Gasteiger partial charge in [-0.15, -0.1) is 0 Å². The van der Waals surface area contributed by atoms with Crippen LogP contribution in [0, 0.1) is 6.92 Å². The summed E-state index contributed by atoms with van der Waals surface area (Å²) in [6.07, 6.45) is 0. The van der Waals surface area contributed by atoms with E-state index in [-0.39, 0.29) is 0 Å². The van der Waals surface area contributed by atoms with Gasteiger partial charge in [-0.3, -0.25) is 0 Å². The van der Waals surface area contributed by atoms with Crippen LogP contribution in [0.25, 0.3) is 0 Å². The number of ether oxygens (including phenoxy) is 2. The van der Waals surface area contributed by atoms with Gasteiger partial charge in [-0.05, 0) is 6.92 Å². The fraction of sp³-hybridized carbons (Fsp3) is 0.538. The predicted octanol–water partition coefficient (Wildman–Crippen LogP) is 1.57. The lowest BCUT2D eigenvalue weighted by Crippen LogP contribution is -2.12. The van der Waals surface area contributed by atoms with E-state index in [1.54, 1.807) is 14.2 Å². The lowest BCUT2D eigenvalue weighted by molar-refractivity contribution is 0.110. The zero-order valence-electron chi connectivity index (χ0n) is 11.6. The first-order chi connectivity index (χ1) is 8.81. The van der Waals surface area contributed by atoms with Gasteiger partial charge in [0.15, 0.2) is 0 Å². The highest BCUT2D eigenvalue weighted by Gasteiger charge is 1.95. The molecule has 0 aliphatic carbocycles. The van der Waals surface area contributed by atoms with Gasteiger partial charge < -0.3 is 17.1 Å². The minimum atomic E-state index is -0.789. The molecule has 1 aromatic carbocycles. The van der Waals surface area contributed by atoms with Crippen molar-refractivity contribution in [1.29, 1.82) is 0 Å². The molecule has 0 aliphatic rings. The highest BCUT2D eigenvalue weighted by molar-refractivity contribution is 6.17. The van der Waals surface area contributed by atoms with Crippen LogP contribution < -0.4 is 0 Å². The largest absolute Gasteiger partial charge is 0.649 e. The van der Waals surface area contributed by atoms with Crippen LogP contribution in [0.3, 0.4) is 0 Å². The van der Waals surface area contributed by atoms with Crippen molar-refractivity contribution in [2.24, 2.45) is 0 Å². The van der Waals surface area contributed by atoms with Gasteiger partial charge in [-0.25, -0.2) is 0 Å². The molecule has 18 heavy (non-hydrogen) atoms. The lowest BCUT2D eigenvalue weighted by Gasteiger charge is -2.02. The Balaban J connectivity index is 0.000000351. The second kappa shape index (κ2) is 14.7. The predicted molar refractivity (Wildman–Crippen MR) is 74.0 cm³/mol. The molecule has 4 nitrogen and oxygen atoms in total. The number of hydrogen-bond acceptors (Lipinski definition) is 4. The topological polar surface area (TPSA) is 36.9 Å². The van der Waals surface area contributed by atoms with Gasteiger partial charge in [-0.1, -0.05) is 35.9 Å². The van der Waals surface area contributed by atoms with Crippen molar-refractivity contribution in [3.8, 4) is 0 Å². The lowest BCUT2D eigenvalue weighted by atomic mass is 10.2. The van der Waals surface area contributed by atoms with Gasteiger partial charge in [-0.2, -0.15) is 0 Å². The Kier molecular flexibility index (Phi) is 14.3. The van der Waals surface area contributed by atoms with Crippen LogP contribution in [0.5, 0.6) is 0 Å². The van der Waals surface area contributed by atoms with Crippen LogP contribution in [0.4, 0.5) is 0 Å². The first-order valence-electron chi connectivity index (χ1n) is 5.96. The van der Waals surface area contributed by atoms with Crippen LogP contribution >= 0.6 is 0 Å². The van der Waals surface area contributed by atoms with Crippen LogP contribution in [-0.2, 0) is 17.1 Å². The third-order valence-corrected chi connectivity index (χ3v) is 2.88. The molecule has 0 atom stereocenters. The molecule has 0 unspecified atom stereocenters. The van der Waals surface area contributed by atoms with Crippen molar-refractivity contribution in [3.05, 3.63) is 35.9 Å². The Morgan fingerprint density at radius 3 is 1.67 bits per heavy atom. The van der Waals surface area contributed by atoms with Crippen LogP contribution in [0.2, 0.25) is 0 Å². The number of hydrogen-bond donors (Lipinski definition) is 0. The van der Waals surface area contributed by atoms with Gasteiger partial charge in [0.25, 0.3) is 0 Å². The van der Waals surface area contributed by atoms with Crippen molar-refractivity contribution in [2.45, 2.75) is 6.92 Å². The van der Waals surface area contributed by atoms with Gasteiger partial charge in [0.05, 0.1) is 13.2 Å². The highest BCUT2D eigenvalue weighted by atomic mass is 27.2. The molecule has 0 saturated heterocycles. The summed E-state index contributed by atoms with van der Waals surface area (Å²) in [6, 6.07) is 10.3. The van der Waals surface area contributed by atoms with E-state index < -0.39 is 15.9 Å². The van der Waals surface area contributed by atoms with Gasteiger partial charge in [0, 0.05) is 27.4 Å². The fourth-order valence-corrected chi connectivity index (χ4v) is 1.58. The number of aryl methyl sites for hydroxylation is 1. The number of methoxy groups -OCH3 is 2. The Morgan fingerprint density at radius 1 is 0.833 bits per heavy atom. The average Bonchev–Trinajstić information content (AvgIpc) is 2.39. The molecule has 1 aromatic rings. The summed E-state index contributed by atoms with van der Waals surface area (Å²) in [7, 11) is 3.30. The maximum atomic E-state index is 5.16. The molecule has 5 heteroatoms. The maximum absolute atomic E-state index is 5.16. The van der Waals surface area contributed by atoms with Crippen LogP contribution in [-0.4, -0.2) is 56.5 Å². The first kappa shape index (κ1) is 17.6. The summed E-state index contributed by atoms with van der Waals surface area (Å²) >= 11 is -0.789. The second-order valence-electron chi connectivity index (χ2n) is 3.57. The van der Waals surface area contributed by atoms with Crippen LogP contribution in [0.1, 0.15) is 5.56 Å². The van der Waals surface area contributed by atoms with E-state index in [9.17, 15) is 0 Å². The Hall–Kier alpha value is -0.408. The monoisotopic (exact) mass is 270 g/mol. The summed E-state index contributed by atoms with van der Waals surface area (Å²) in [4.78, 5) is 0. The summed E-state index contributed by atoms with van der Waals surface area (Å²) in [5.74, 6) is 0. The van der Waals surface area contributed by atoms with Gasteiger partial charge >= 0.3 is 15.9 Å². The maximum Gasteiger partial charge on any atom is 0.649 e. The molecule has 0 saturated carbocycles. The molecule has 0 aliphatic heterocycles.